The Labute approximate surface area is 163 Å². The fraction of sp³-hybridized carbons (Fsp3) is 0.412. The van der Waals surface area contributed by atoms with Crippen LogP contribution in [-0.2, 0) is 7.05 Å². The molecule has 4 rings (SSSR count). The van der Waals surface area contributed by atoms with Gasteiger partial charge < -0.3 is 0 Å². The van der Waals surface area contributed by atoms with E-state index in [-0.39, 0.29) is 11.5 Å². The van der Waals surface area contributed by atoms with Gasteiger partial charge in [-0.25, -0.2) is 9.67 Å². The molecule has 0 bridgehead atoms. The topological polar surface area (TPSA) is 103 Å². The highest BCUT2D eigenvalue weighted by Crippen LogP contribution is 2.42. The van der Waals surface area contributed by atoms with E-state index in [1.807, 2.05) is 13.8 Å². The number of hydrogen-bond acceptors (Lipinski definition) is 8. The van der Waals surface area contributed by atoms with Crippen LogP contribution in [0.2, 0.25) is 0 Å². The number of thiazole rings is 1. The van der Waals surface area contributed by atoms with E-state index in [0.717, 1.165) is 29.1 Å². The molecule has 1 amide bonds. The first-order valence-electron chi connectivity index (χ1n) is 8.52. The Hall–Kier alpha value is -2.46. The number of nitrogens with one attached hydrogen (secondary N) is 1. The number of nitrogens with zero attached hydrogens (tertiary/aromatic N) is 5. The molecule has 0 spiro atoms. The van der Waals surface area contributed by atoms with E-state index in [1.54, 1.807) is 14.0 Å². The van der Waals surface area contributed by atoms with E-state index in [9.17, 15) is 9.59 Å². The van der Waals surface area contributed by atoms with Crippen LogP contribution in [0.5, 0.6) is 0 Å². The molecule has 3 heterocycles. The molecular weight excluding hydrogens is 384 g/mol. The van der Waals surface area contributed by atoms with E-state index in [4.69, 9.17) is 0 Å². The zero-order valence-corrected chi connectivity index (χ0v) is 17.0. The van der Waals surface area contributed by atoms with Crippen LogP contribution in [0.4, 0.5) is 5.13 Å². The van der Waals surface area contributed by atoms with Crippen LogP contribution in [0.15, 0.2) is 4.79 Å². The van der Waals surface area contributed by atoms with Crippen molar-refractivity contribution in [2.45, 2.75) is 39.5 Å². The van der Waals surface area contributed by atoms with Crippen LogP contribution >= 0.6 is 22.7 Å². The largest absolute Gasteiger partial charge is 0.296 e. The lowest BCUT2D eigenvalue weighted by molar-refractivity contribution is 0.102. The Morgan fingerprint density at radius 3 is 2.59 bits per heavy atom. The molecule has 1 saturated carbocycles. The monoisotopic (exact) mass is 402 g/mol. The van der Waals surface area contributed by atoms with Crippen LogP contribution < -0.4 is 10.9 Å². The molecule has 8 nitrogen and oxygen atoms in total. The molecule has 3 aromatic rings. The molecule has 0 unspecified atom stereocenters. The molecular formula is C17H18N6O2S2. The summed E-state index contributed by atoms with van der Waals surface area (Å²) in [4.78, 5) is 30.2. The molecule has 1 aliphatic rings. The minimum absolute atomic E-state index is 0.225. The van der Waals surface area contributed by atoms with Gasteiger partial charge in [-0.1, -0.05) is 11.3 Å². The van der Waals surface area contributed by atoms with Crippen LogP contribution in [0.25, 0.3) is 10.6 Å². The van der Waals surface area contributed by atoms with E-state index in [0.29, 0.717) is 32.2 Å². The van der Waals surface area contributed by atoms with Gasteiger partial charge in [0.2, 0.25) is 5.13 Å². The second-order valence-electron chi connectivity index (χ2n) is 6.62. The highest BCUT2D eigenvalue weighted by molar-refractivity contribution is 7.17. The van der Waals surface area contributed by atoms with E-state index < -0.39 is 0 Å². The Morgan fingerprint density at radius 1 is 1.15 bits per heavy atom. The Kier molecular flexibility index (Phi) is 4.39. The summed E-state index contributed by atoms with van der Waals surface area (Å²) in [6.45, 7) is 5.45. The number of carbonyl (C=O) groups excluding carboxylic acids is 1. The van der Waals surface area contributed by atoms with Gasteiger partial charge in [0, 0.05) is 13.0 Å². The molecule has 0 aromatic carbocycles. The number of amides is 1. The Balaban J connectivity index is 1.65. The highest BCUT2D eigenvalue weighted by atomic mass is 32.1. The minimum Gasteiger partial charge on any atom is -0.296 e. The molecule has 0 saturated heterocycles. The van der Waals surface area contributed by atoms with Crippen molar-refractivity contribution in [2.24, 2.45) is 7.05 Å². The van der Waals surface area contributed by atoms with Crippen LogP contribution in [0.1, 0.15) is 50.4 Å². The lowest BCUT2D eigenvalue weighted by atomic mass is 10.1. The molecule has 1 N–H and O–H groups in total. The molecule has 1 aliphatic carbocycles. The Bertz CT molecular complexity index is 1110. The van der Waals surface area contributed by atoms with Crippen molar-refractivity contribution in [3.05, 3.63) is 37.2 Å². The third-order valence-electron chi connectivity index (χ3n) is 4.53. The van der Waals surface area contributed by atoms with Gasteiger partial charge >= 0.3 is 0 Å². The van der Waals surface area contributed by atoms with Crippen molar-refractivity contribution in [1.29, 1.82) is 0 Å². The number of anilines is 1. The predicted molar refractivity (Wildman–Crippen MR) is 105 cm³/mol. The van der Waals surface area contributed by atoms with Gasteiger partial charge in [0.05, 0.1) is 17.0 Å². The highest BCUT2D eigenvalue weighted by Gasteiger charge is 2.28. The minimum atomic E-state index is -0.282. The molecule has 27 heavy (non-hydrogen) atoms. The smallest absolute Gasteiger partial charge is 0.277 e. The van der Waals surface area contributed by atoms with Crippen molar-refractivity contribution < 1.29 is 4.79 Å². The summed E-state index contributed by atoms with van der Waals surface area (Å²) >= 11 is 2.62. The number of hydrogen-bond donors (Lipinski definition) is 1. The lowest BCUT2D eigenvalue weighted by Crippen LogP contribution is -2.23. The lowest BCUT2D eigenvalue weighted by Gasteiger charge is -2.07. The standard InChI is InChI=1S/C17H18N6O2S2/c1-7-8(2)22-23(4)16(25)11(7)15-18-9(3)12(26-15)13(24)19-17-21-20-14(27-17)10-5-6-10/h10H,5-6H2,1-4H3,(H,19,21,24). The van der Waals surface area contributed by atoms with Crippen molar-refractivity contribution in [3.8, 4) is 10.6 Å². The van der Waals surface area contributed by atoms with Gasteiger partial charge in [-0.2, -0.15) is 5.10 Å². The fourth-order valence-electron chi connectivity index (χ4n) is 2.75. The van der Waals surface area contributed by atoms with Crippen LogP contribution in [0, 0.1) is 20.8 Å². The van der Waals surface area contributed by atoms with Crippen molar-refractivity contribution in [3.63, 3.8) is 0 Å². The summed E-state index contributed by atoms with van der Waals surface area (Å²) in [5.41, 5.74) is 2.38. The first-order valence-corrected chi connectivity index (χ1v) is 10.2. The number of carbonyl (C=O) groups is 1. The molecule has 0 aliphatic heterocycles. The molecule has 0 atom stereocenters. The van der Waals surface area contributed by atoms with Crippen LogP contribution in [-0.4, -0.2) is 30.9 Å². The predicted octanol–water partition coefficient (Wildman–Crippen LogP) is 2.81. The van der Waals surface area contributed by atoms with Crippen molar-refractivity contribution in [1.82, 2.24) is 25.0 Å². The van der Waals surface area contributed by atoms with Crippen molar-refractivity contribution >= 4 is 33.7 Å². The number of aromatic nitrogens is 5. The number of rotatable bonds is 4. The normalized spacial score (nSPS) is 13.8. The summed E-state index contributed by atoms with van der Waals surface area (Å²) in [7, 11) is 1.61. The second kappa shape index (κ2) is 6.61. The SMILES string of the molecule is Cc1nc(-c2c(C)c(C)nn(C)c2=O)sc1C(=O)Nc1nnc(C2CC2)s1. The molecule has 10 heteroatoms. The van der Waals surface area contributed by atoms with E-state index in [1.165, 1.54) is 27.4 Å². The Morgan fingerprint density at radius 2 is 1.89 bits per heavy atom. The quantitative estimate of drug-likeness (QED) is 0.720. The maximum absolute atomic E-state index is 12.7. The van der Waals surface area contributed by atoms with Gasteiger partial charge in [0.15, 0.2) is 0 Å². The maximum Gasteiger partial charge on any atom is 0.277 e. The third kappa shape index (κ3) is 3.30. The fourth-order valence-corrected chi connectivity index (χ4v) is 4.71. The van der Waals surface area contributed by atoms with Gasteiger partial charge in [0.1, 0.15) is 14.9 Å². The summed E-state index contributed by atoms with van der Waals surface area (Å²) in [6, 6.07) is 0. The summed E-state index contributed by atoms with van der Waals surface area (Å²) in [5.74, 6) is 0.217. The van der Waals surface area contributed by atoms with Gasteiger partial charge in [-0.05, 0) is 39.2 Å². The zero-order chi connectivity index (χ0) is 19.3. The summed E-state index contributed by atoms with van der Waals surface area (Å²) in [5, 5.41) is 17.2. The second-order valence-corrected chi connectivity index (χ2v) is 8.63. The zero-order valence-electron chi connectivity index (χ0n) is 15.4. The van der Waals surface area contributed by atoms with E-state index in [2.05, 4.69) is 25.6 Å². The first kappa shape index (κ1) is 17.9. The average Bonchev–Trinajstić information content (AvgIpc) is 3.25. The third-order valence-corrected chi connectivity index (χ3v) is 6.70. The maximum atomic E-state index is 12.7. The number of aryl methyl sites for hydroxylation is 3. The molecule has 140 valence electrons. The summed E-state index contributed by atoms with van der Waals surface area (Å²) in [6.07, 6.45) is 2.28. The van der Waals surface area contributed by atoms with Gasteiger partial charge in [0.25, 0.3) is 11.5 Å². The summed E-state index contributed by atoms with van der Waals surface area (Å²) < 4.78 is 1.30. The van der Waals surface area contributed by atoms with Crippen molar-refractivity contribution in [2.75, 3.05) is 5.32 Å². The molecule has 0 radical (unpaired) electrons. The van der Waals surface area contributed by atoms with Crippen LogP contribution in [0.3, 0.4) is 0 Å². The van der Waals surface area contributed by atoms with Gasteiger partial charge in [-0.15, -0.1) is 21.5 Å². The van der Waals surface area contributed by atoms with E-state index >= 15 is 0 Å². The molecule has 3 aromatic heterocycles. The van der Waals surface area contributed by atoms with Gasteiger partial charge in [-0.3, -0.25) is 14.9 Å². The molecule has 1 fully saturated rings. The first-order chi connectivity index (χ1) is 12.8. The average molecular weight is 403 g/mol.